The molecule has 1 unspecified atom stereocenters. The maximum absolute atomic E-state index is 10.8. The predicted molar refractivity (Wildman–Crippen MR) is 91.1 cm³/mol. The average molecular weight is 300 g/mol. The van der Waals surface area contributed by atoms with E-state index in [2.05, 4.69) is 23.3 Å². The van der Waals surface area contributed by atoms with Gasteiger partial charge in [0.1, 0.15) is 6.10 Å². The Morgan fingerprint density at radius 3 is 2.26 bits per heavy atom. The second-order valence-electron chi connectivity index (χ2n) is 5.49. The molecule has 2 heterocycles. The summed E-state index contributed by atoms with van der Waals surface area (Å²) in [7, 11) is 0. The molecule has 3 nitrogen and oxygen atoms in total. The summed E-state index contributed by atoms with van der Waals surface area (Å²) in [6.07, 6.45) is 2.96. The zero-order chi connectivity index (χ0) is 15.6. The van der Waals surface area contributed by atoms with Crippen LogP contribution in [0.15, 0.2) is 85.2 Å². The van der Waals surface area contributed by atoms with Crippen LogP contribution in [0.2, 0.25) is 0 Å². The van der Waals surface area contributed by atoms with Crippen molar-refractivity contribution in [3.63, 3.8) is 0 Å². The normalized spacial score (nSPS) is 12.4. The van der Waals surface area contributed by atoms with Crippen LogP contribution in [0.4, 0.5) is 0 Å². The summed E-state index contributed by atoms with van der Waals surface area (Å²) >= 11 is 0. The maximum atomic E-state index is 10.8. The number of fused-ring (bicyclic) bond motifs is 1. The molecule has 1 N–H and O–H groups in total. The van der Waals surface area contributed by atoms with Crippen molar-refractivity contribution in [3.05, 3.63) is 96.3 Å². The molecule has 0 radical (unpaired) electrons. The summed E-state index contributed by atoms with van der Waals surface area (Å²) in [5, 5.41) is 15.2. The smallest absolute Gasteiger partial charge is 0.108 e. The average Bonchev–Trinajstić information content (AvgIpc) is 3.07. The van der Waals surface area contributed by atoms with Gasteiger partial charge in [-0.05, 0) is 17.2 Å². The highest BCUT2D eigenvalue weighted by atomic mass is 16.3. The molecule has 1 atom stereocenters. The first-order chi connectivity index (χ1) is 11.3. The Kier molecular flexibility index (Phi) is 3.41. The molecule has 0 saturated carbocycles. The van der Waals surface area contributed by atoms with Crippen LogP contribution in [0.5, 0.6) is 0 Å². The van der Waals surface area contributed by atoms with Crippen molar-refractivity contribution in [2.45, 2.75) is 6.10 Å². The predicted octanol–water partition coefficient (Wildman–Crippen LogP) is 4.08. The number of aromatic nitrogens is 2. The summed E-state index contributed by atoms with van der Waals surface area (Å²) in [5.74, 6) is 0. The van der Waals surface area contributed by atoms with E-state index in [1.807, 2.05) is 65.3 Å². The van der Waals surface area contributed by atoms with E-state index in [9.17, 15) is 5.11 Å². The minimum absolute atomic E-state index is 0.696. The van der Waals surface area contributed by atoms with Gasteiger partial charge in [0.05, 0.1) is 11.7 Å². The molecule has 0 aliphatic carbocycles. The Morgan fingerprint density at radius 1 is 0.826 bits per heavy atom. The lowest BCUT2D eigenvalue weighted by molar-refractivity contribution is 0.222. The van der Waals surface area contributed by atoms with E-state index in [1.54, 1.807) is 6.20 Å². The van der Waals surface area contributed by atoms with Crippen LogP contribution < -0.4 is 0 Å². The van der Waals surface area contributed by atoms with Gasteiger partial charge >= 0.3 is 0 Å². The second-order valence-corrected chi connectivity index (χ2v) is 5.49. The molecule has 2 aromatic carbocycles. The van der Waals surface area contributed by atoms with E-state index < -0.39 is 6.10 Å². The van der Waals surface area contributed by atoms with Crippen LogP contribution >= 0.6 is 0 Å². The fraction of sp³-hybridized carbons (Fsp3) is 0.0500. The first-order valence-corrected chi connectivity index (χ1v) is 7.59. The number of aliphatic hydroxyl groups excluding tert-OH is 1. The van der Waals surface area contributed by atoms with Crippen LogP contribution in [0, 0.1) is 0 Å². The van der Waals surface area contributed by atoms with Gasteiger partial charge in [0.25, 0.3) is 0 Å². The lowest BCUT2D eigenvalue weighted by Gasteiger charge is -2.12. The fourth-order valence-corrected chi connectivity index (χ4v) is 2.93. The zero-order valence-corrected chi connectivity index (χ0v) is 12.5. The van der Waals surface area contributed by atoms with Crippen LogP contribution in [0.1, 0.15) is 17.2 Å². The molecule has 23 heavy (non-hydrogen) atoms. The van der Waals surface area contributed by atoms with E-state index in [0.717, 1.165) is 27.8 Å². The lowest BCUT2D eigenvalue weighted by atomic mass is 9.98. The first-order valence-electron chi connectivity index (χ1n) is 7.59. The van der Waals surface area contributed by atoms with Gasteiger partial charge in [-0.25, -0.2) is 4.52 Å². The highest BCUT2D eigenvalue weighted by Gasteiger charge is 2.18. The largest absolute Gasteiger partial charge is 0.384 e. The molecule has 0 spiro atoms. The monoisotopic (exact) mass is 300 g/mol. The van der Waals surface area contributed by atoms with Crippen LogP contribution in [0.3, 0.4) is 0 Å². The quantitative estimate of drug-likeness (QED) is 0.619. The Balaban J connectivity index is 1.92. The van der Waals surface area contributed by atoms with Gasteiger partial charge in [-0.3, -0.25) is 0 Å². The summed E-state index contributed by atoms with van der Waals surface area (Å²) in [6.45, 7) is 0. The molecule has 112 valence electrons. The SMILES string of the molecule is OC(c1ccccc1)c1cnn2cccc(-c3ccccc3)c12. The van der Waals surface area contributed by atoms with Gasteiger partial charge < -0.3 is 5.11 Å². The Labute approximate surface area is 134 Å². The Bertz CT molecular complexity index is 930. The van der Waals surface area contributed by atoms with Gasteiger partial charge in [-0.15, -0.1) is 0 Å². The third kappa shape index (κ3) is 2.41. The molecule has 0 aliphatic rings. The molecule has 0 fully saturated rings. The third-order valence-corrected chi connectivity index (χ3v) is 4.06. The standard InChI is InChI=1S/C20H16N2O/c23-20(16-10-5-2-6-11-16)18-14-21-22-13-7-12-17(19(18)22)15-8-3-1-4-9-15/h1-14,20,23H. The summed E-state index contributed by atoms with van der Waals surface area (Å²) in [6, 6.07) is 23.9. The lowest BCUT2D eigenvalue weighted by Crippen LogP contribution is -2.00. The Morgan fingerprint density at radius 2 is 1.52 bits per heavy atom. The maximum Gasteiger partial charge on any atom is 0.108 e. The van der Waals surface area contributed by atoms with E-state index in [0.29, 0.717) is 0 Å². The molecule has 3 heteroatoms. The molecule has 0 amide bonds. The molecule has 0 saturated heterocycles. The molecule has 0 aliphatic heterocycles. The van der Waals surface area contributed by atoms with Crippen LogP contribution in [-0.2, 0) is 0 Å². The molecule has 2 aromatic heterocycles. The number of rotatable bonds is 3. The van der Waals surface area contributed by atoms with Crippen molar-refractivity contribution < 1.29 is 5.11 Å². The highest BCUT2D eigenvalue weighted by molar-refractivity contribution is 5.83. The molecule has 0 bridgehead atoms. The van der Waals surface area contributed by atoms with Gasteiger partial charge in [0, 0.05) is 17.3 Å². The second kappa shape index (κ2) is 5.71. The van der Waals surface area contributed by atoms with E-state index in [4.69, 9.17) is 0 Å². The molecular weight excluding hydrogens is 284 g/mol. The van der Waals surface area contributed by atoms with Crippen molar-refractivity contribution in [1.29, 1.82) is 0 Å². The number of hydrogen-bond acceptors (Lipinski definition) is 2. The van der Waals surface area contributed by atoms with Crippen molar-refractivity contribution in [1.82, 2.24) is 9.61 Å². The minimum Gasteiger partial charge on any atom is -0.384 e. The fourth-order valence-electron chi connectivity index (χ4n) is 2.93. The topological polar surface area (TPSA) is 37.5 Å². The number of aliphatic hydroxyl groups is 1. The highest BCUT2D eigenvalue weighted by Crippen LogP contribution is 2.32. The minimum atomic E-state index is -0.696. The first kappa shape index (κ1) is 13.7. The molecule has 4 rings (SSSR count). The van der Waals surface area contributed by atoms with E-state index in [1.165, 1.54) is 0 Å². The van der Waals surface area contributed by atoms with Crippen LogP contribution in [0.25, 0.3) is 16.6 Å². The third-order valence-electron chi connectivity index (χ3n) is 4.06. The summed E-state index contributed by atoms with van der Waals surface area (Å²) in [5.41, 5.74) is 4.80. The number of pyridine rings is 1. The Hall–Kier alpha value is -2.91. The van der Waals surface area contributed by atoms with Gasteiger partial charge in [0.15, 0.2) is 0 Å². The van der Waals surface area contributed by atoms with Gasteiger partial charge in [0.2, 0.25) is 0 Å². The summed E-state index contributed by atoms with van der Waals surface area (Å²) in [4.78, 5) is 0. The van der Waals surface area contributed by atoms with E-state index >= 15 is 0 Å². The summed E-state index contributed by atoms with van der Waals surface area (Å²) < 4.78 is 1.82. The van der Waals surface area contributed by atoms with Gasteiger partial charge in [-0.1, -0.05) is 66.7 Å². The molecule has 4 aromatic rings. The number of benzene rings is 2. The number of nitrogens with zero attached hydrogens (tertiary/aromatic N) is 2. The molecular formula is C20H16N2O. The van der Waals surface area contributed by atoms with Crippen molar-refractivity contribution in [2.24, 2.45) is 0 Å². The van der Waals surface area contributed by atoms with E-state index in [-0.39, 0.29) is 0 Å². The van der Waals surface area contributed by atoms with Crippen molar-refractivity contribution in [2.75, 3.05) is 0 Å². The zero-order valence-electron chi connectivity index (χ0n) is 12.5. The van der Waals surface area contributed by atoms with Crippen molar-refractivity contribution >= 4 is 5.52 Å². The number of hydrogen-bond donors (Lipinski definition) is 1. The van der Waals surface area contributed by atoms with Crippen LogP contribution in [-0.4, -0.2) is 14.7 Å². The van der Waals surface area contributed by atoms with Crippen molar-refractivity contribution in [3.8, 4) is 11.1 Å². The van der Waals surface area contributed by atoms with Gasteiger partial charge in [-0.2, -0.15) is 5.10 Å².